The summed E-state index contributed by atoms with van der Waals surface area (Å²) in [5.41, 5.74) is 2.02. The van der Waals surface area contributed by atoms with Gasteiger partial charge in [-0.2, -0.15) is 0 Å². The Bertz CT molecular complexity index is 1110. The van der Waals surface area contributed by atoms with E-state index in [1.807, 2.05) is 56.0 Å². The fraction of sp³-hybridized carbons (Fsp3) is 0.520. The van der Waals surface area contributed by atoms with Gasteiger partial charge in [-0.1, -0.05) is 30.3 Å². The molecule has 2 atom stereocenters. The number of aromatic nitrogens is 2. The Kier molecular flexibility index (Phi) is 6.21. The predicted molar refractivity (Wildman–Crippen MR) is 130 cm³/mol. The van der Waals surface area contributed by atoms with Crippen molar-refractivity contribution in [1.29, 1.82) is 0 Å². The Morgan fingerprint density at radius 3 is 2.37 bits per heavy atom. The fourth-order valence-corrected chi connectivity index (χ4v) is 5.28. The van der Waals surface area contributed by atoms with Gasteiger partial charge in [0.15, 0.2) is 0 Å². The summed E-state index contributed by atoms with van der Waals surface area (Å²) in [6.07, 6.45) is 1.17. The van der Waals surface area contributed by atoms with Crippen LogP contribution in [-0.2, 0) is 29.2 Å². The maximum Gasteiger partial charge on any atom is 0.410 e. The van der Waals surface area contributed by atoms with E-state index in [0.29, 0.717) is 26.2 Å². The Hall–Kier alpha value is -3.07. The molecular weight excluding hydrogens is 470 g/mol. The van der Waals surface area contributed by atoms with Crippen LogP contribution in [0.5, 0.6) is 0 Å². The molecule has 3 aliphatic rings. The van der Waals surface area contributed by atoms with Gasteiger partial charge in [-0.3, -0.25) is 9.80 Å². The lowest BCUT2D eigenvalue weighted by molar-refractivity contribution is 0.0122. The molecule has 4 heterocycles. The highest BCUT2D eigenvalue weighted by Crippen LogP contribution is 2.37. The number of carbonyl (C=O) groups is 2. The number of fused-ring (bicyclic) bond motifs is 3. The summed E-state index contributed by atoms with van der Waals surface area (Å²) in [5.74, 6) is 0.735. The first-order chi connectivity index (χ1) is 16.7. The average Bonchev–Trinajstić information content (AvgIpc) is 3.34. The molecule has 35 heavy (non-hydrogen) atoms. The summed E-state index contributed by atoms with van der Waals surface area (Å²) in [7, 11) is 0. The molecule has 186 valence electrons. The van der Waals surface area contributed by atoms with Crippen molar-refractivity contribution in [2.75, 3.05) is 18.0 Å². The van der Waals surface area contributed by atoms with Crippen molar-refractivity contribution >= 4 is 29.6 Å². The minimum atomic E-state index is -0.534. The number of hydrogen-bond acceptors (Lipinski definition) is 7. The zero-order chi connectivity index (χ0) is 24.7. The minimum Gasteiger partial charge on any atom is -0.445 e. The largest absolute Gasteiger partial charge is 0.445 e. The summed E-state index contributed by atoms with van der Waals surface area (Å²) >= 11 is 6.29. The van der Waals surface area contributed by atoms with Gasteiger partial charge >= 0.3 is 12.2 Å². The van der Waals surface area contributed by atoms with Crippen LogP contribution in [0.4, 0.5) is 15.4 Å². The second-order valence-electron chi connectivity index (χ2n) is 10.3. The van der Waals surface area contributed by atoms with Crippen LogP contribution in [0.15, 0.2) is 30.3 Å². The fourth-order valence-electron chi connectivity index (χ4n) is 5.10. The topological polar surface area (TPSA) is 88.1 Å². The van der Waals surface area contributed by atoms with Crippen molar-refractivity contribution in [3.8, 4) is 0 Å². The third-order valence-electron chi connectivity index (χ3n) is 6.58. The zero-order valence-corrected chi connectivity index (χ0v) is 21.0. The highest BCUT2D eigenvalue weighted by atomic mass is 35.5. The molecule has 1 aromatic heterocycles. The van der Waals surface area contributed by atoms with E-state index in [4.69, 9.17) is 21.1 Å². The molecule has 2 fully saturated rings. The van der Waals surface area contributed by atoms with Crippen molar-refractivity contribution in [2.24, 2.45) is 0 Å². The molecule has 3 aliphatic heterocycles. The molecule has 9 nitrogen and oxygen atoms in total. The van der Waals surface area contributed by atoms with Gasteiger partial charge in [0.2, 0.25) is 5.28 Å². The van der Waals surface area contributed by atoms with Gasteiger partial charge in [0.1, 0.15) is 18.0 Å². The molecule has 10 heteroatoms. The summed E-state index contributed by atoms with van der Waals surface area (Å²) in [6, 6.07) is 9.67. The number of ether oxygens (including phenoxy) is 2. The number of benzene rings is 1. The van der Waals surface area contributed by atoms with Gasteiger partial charge in [0.25, 0.3) is 0 Å². The maximum atomic E-state index is 12.8. The van der Waals surface area contributed by atoms with E-state index in [0.717, 1.165) is 35.5 Å². The summed E-state index contributed by atoms with van der Waals surface area (Å²) in [4.78, 5) is 40.2. The standard InChI is InChI=1S/C25H30ClN5O4/c1-25(2,3)35-24(33)31-17-9-10-18(31)12-29(11-17)21-19-13-30(14-20(19)27-22(26)28-21)23(32)34-15-16-7-5-4-6-8-16/h4-8,17-18H,9-15H2,1-3H3. The smallest absolute Gasteiger partial charge is 0.410 e. The van der Waals surface area contributed by atoms with Gasteiger partial charge in [-0.05, 0) is 50.8 Å². The van der Waals surface area contributed by atoms with Crippen LogP contribution in [-0.4, -0.2) is 62.7 Å². The number of nitrogens with zero attached hydrogens (tertiary/aromatic N) is 5. The number of halogens is 1. The van der Waals surface area contributed by atoms with Crippen LogP contribution < -0.4 is 4.90 Å². The number of anilines is 1. The first kappa shape index (κ1) is 23.7. The monoisotopic (exact) mass is 499 g/mol. The lowest BCUT2D eigenvalue weighted by Crippen LogP contribution is -2.57. The second-order valence-corrected chi connectivity index (χ2v) is 10.7. The zero-order valence-electron chi connectivity index (χ0n) is 20.2. The van der Waals surface area contributed by atoms with Crippen molar-refractivity contribution in [2.45, 2.75) is 71.0 Å². The Morgan fingerprint density at radius 2 is 1.71 bits per heavy atom. The molecule has 1 aromatic carbocycles. The number of rotatable bonds is 3. The van der Waals surface area contributed by atoms with Gasteiger partial charge in [-0.15, -0.1) is 0 Å². The molecule has 2 amide bonds. The normalized spacial score (nSPS) is 21.2. The summed E-state index contributed by atoms with van der Waals surface area (Å²) < 4.78 is 11.2. The molecule has 2 aromatic rings. The Labute approximate surface area is 210 Å². The quantitative estimate of drug-likeness (QED) is 0.579. The van der Waals surface area contributed by atoms with Crippen LogP contribution in [0, 0.1) is 0 Å². The van der Waals surface area contributed by atoms with Crippen LogP contribution in [0.2, 0.25) is 5.28 Å². The van der Waals surface area contributed by atoms with E-state index in [2.05, 4.69) is 14.9 Å². The van der Waals surface area contributed by atoms with Gasteiger partial charge in [-0.25, -0.2) is 19.6 Å². The van der Waals surface area contributed by atoms with E-state index in [1.165, 1.54) is 0 Å². The van der Waals surface area contributed by atoms with Crippen LogP contribution in [0.3, 0.4) is 0 Å². The molecule has 2 bridgehead atoms. The van der Waals surface area contributed by atoms with Gasteiger partial charge in [0, 0.05) is 18.7 Å². The first-order valence-electron chi connectivity index (χ1n) is 11.9. The second kappa shape index (κ2) is 9.18. The van der Waals surface area contributed by atoms with E-state index in [9.17, 15) is 9.59 Å². The Morgan fingerprint density at radius 1 is 1.03 bits per heavy atom. The number of amides is 2. The lowest BCUT2D eigenvalue weighted by atomic mass is 10.1. The molecule has 0 spiro atoms. The van der Waals surface area contributed by atoms with Crippen molar-refractivity contribution in [3.63, 3.8) is 0 Å². The van der Waals surface area contributed by atoms with Gasteiger partial charge in [0.05, 0.1) is 30.9 Å². The van der Waals surface area contributed by atoms with Crippen LogP contribution >= 0.6 is 11.6 Å². The highest BCUT2D eigenvalue weighted by Gasteiger charge is 2.45. The van der Waals surface area contributed by atoms with Crippen molar-refractivity contribution in [3.05, 3.63) is 52.4 Å². The van der Waals surface area contributed by atoms with E-state index < -0.39 is 11.7 Å². The molecule has 0 N–H and O–H groups in total. The number of piperazine rings is 1. The minimum absolute atomic E-state index is 0.0429. The molecule has 0 radical (unpaired) electrons. The highest BCUT2D eigenvalue weighted by molar-refractivity contribution is 6.28. The van der Waals surface area contributed by atoms with E-state index >= 15 is 0 Å². The van der Waals surface area contributed by atoms with E-state index in [1.54, 1.807) is 4.90 Å². The summed E-state index contributed by atoms with van der Waals surface area (Å²) in [5, 5.41) is 0.153. The molecule has 2 saturated heterocycles. The van der Waals surface area contributed by atoms with Crippen molar-refractivity contribution < 1.29 is 19.1 Å². The molecule has 5 rings (SSSR count). The number of carbonyl (C=O) groups excluding carboxylic acids is 2. The maximum absolute atomic E-state index is 12.8. The predicted octanol–water partition coefficient (Wildman–Crippen LogP) is 4.37. The third kappa shape index (κ3) is 5.00. The molecule has 0 aliphatic carbocycles. The lowest BCUT2D eigenvalue weighted by Gasteiger charge is -2.42. The Balaban J connectivity index is 1.29. The van der Waals surface area contributed by atoms with Crippen LogP contribution in [0.1, 0.15) is 50.4 Å². The van der Waals surface area contributed by atoms with E-state index in [-0.39, 0.29) is 30.1 Å². The summed E-state index contributed by atoms with van der Waals surface area (Å²) in [6.45, 7) is 7.80. The molecule has 2 unspecified atom stereocenters. The van der Waals surface area contributed by atoms with Gasteiger partial charge < -0.3 is 14.4 Å². The van der Waals surface area contributed by atoms with Crippen molar-refractivity contribution in [1.82, 2.24) is 19.8 Å². The SMILES string of the molecule is CC(C)(C)OC(=O)N1C2CCC1CN(c1nc(Cl)nc3c1CN(C(=O)OCc1ccccc1)C3)C2. The third-order valence-corrected chi connectivity index (χ3v) is 6.75. The number of hydrogen-bond donors (Lipinski definition) is 0. The average molecular weight is 500 g/mol. The first-order valence-corrected chi connectivity index (χ1v) is 12.3. The van der Waals surface area contributed by atoms with Crippen LogP contribution in [0.25, 0.3) is 0 Å². The molecule has 0 saturated carbocycles. The molecular formula is C25H30ClN5O4.